The van der Waals surface area contributed by atoms with Crippen LogP contribution in [0, 0.1) is 0 Å². The average molecular weight is 377 g/mol. The van der Waals surface area contributed by atoms with Gasteiger partial charge in [-0.15, -0.1) is 10.2 Å². The van der Waals surface area contributed by atoms with E-state index in [9.17, 15) is 4.79 Å². The monoisotopic (exact) mass is 377 g/mol. The van der Waals surface area contributed by atoms with Gasteiger partial charge >= 0.3 is 0 Å². The van der Waals surface area contributed by atoms with Gasteiger partial charge in [-0.2, -0.15) is 5.10 Å². The van der Waals surface area contributed by atoms with Crippen LogP contribution in [0.1, 0.15) is 34.3 Å². The summed E-state index contributed by atoms with van der Waals surface area (Å²) >= 11 is 1.43. The van der Waals surface area contributed by atoms with Gasteiger partial charge in [0.25, 0.3) is 5.91 Å². The van der Waals surface area contributed by atoms with Crippen molar-refractivity contribution < 1.29 is 9.21 Å². The van der Waals surface area contributed by atoms with Gasteiger partial charge < -0.3 is 4.42 Å². The molecule has 1 N–H and O–H groups in total. The molecule has 0 bridgehead atoms. The fourth-order valence-corrected chi connectivity index (χ4v) is 3.70. The number of amides is 1. The minimum atomic E-state index is -0.289. The number of para-hydroxylation sites is 1. The molecule has 134 valence electrons. The lowest BCUT2D eigenvalue weighted by atomic mass is 10.2. The Kier molecular flexibility index (Phi) is 3.83. The van der Waals surface area contributed by atoms with Crippen molar-refractivity contribution in [3.8, 4) is 17.1 Å². The van der Waals surface area contributed by atoms with E-state index < -0.39 is 0 Å². The number of rotatable bonds is 5. The zero-order valence-electron chi connectivity index (χ0n) is 14.2. The standard InChI is InChI=1S/C19H15N5O2S/c25-17(20-19-22-21-18(27-19)12-8-9-12)15-11-14(16-7-4-10-26-16)23-24(15)13-5-2-1-3-6-13/h1-7,10-12H,8-9H2,(H,20,22,25). The van der Waals surface area contributed by atoms with Crippen LogP contribution >= 0.6 is 11.3 Å². The molecule has 1 amide bonds. The first kappa shape index (κ1) is 16.0. The Hall–Kier alpha value is -3.26. The van der Waals surface area contributed by atoms with Crippen LogP contribution in [0.3, 0.4) is 0 Å². The van der Waals surface area contributed by atoms with Gasteiger partial charge in [-0.3, -0.25) is 10.1 Å². The van der Waals surface area contributed by atoms with E-state index in [4.69, 9.17) is 4.42 Å². The number of aromatic nitrogens is 4. The molecule has 1 aliphatic rings. The van der Waals surface area contributed by atoms with E-state index in [2.05, 4.69) is 20.6 Å². The van der Waals surface area contributed by atoms with Crippen molar-refractivity contribution in [3.63, 3.8) is 0 Å². The number of carbonyl (C=O) groups excluding carboxylic acids is 1. The number of furan rings is 1. The summed E-state index contributed by atoms with van der Waals surface area (Å²) in [6, 6.07) is 14.8. The topological polar surface area (TPSA) is 85.8 Å². The third kappa shape index (κ3) is 3.15. The first-order chi connectivity index (χ1) is 13.3. The smallest absolute Gasteiger partial charge is 0.276 e. The van der Waals surface area contributed by atoms with Gasteiger partial charge in [-0.05, 0) is 37.1 Å². The summed E-state index contributed by atoms with van der Waals surface area (Å²) in [6.45, 7) is 0. The highest BCUT2D eigenvalue weighted by atomic mass is 32.1. The van der Waals surface area contributed by atoms with Gasteiger partial charge in [0.1, 0.15) is 16.4 Å². The maximum absolute atomic E-state index is 12.9. The number of benzene rings is 1. The van der Waals surface area contributed by atoms with Gasteiger partial charge in [0, 0.05) is 12.0 Å². The van der Waals surface area contributed by atoms with Gasteiger partial charge in [-0.1, -0.05) is 29.5 Å². The molecule has 8 heteroatoms. The number of carbonyl (C=O) groups is 1. The summed E-state index contributed by atoms with van der Waals surface area (Å²) in [6.07, 6.45) is 3.88. The van der Waals surface area contributed by atoms with Gasteiger partial charge in [0.05, 0.1) is 12.0 Å². The summed E-state index contributed by atoms with van der Waals surface area (Å²) in [5.74, 6) is 0.821. The predicted molar refractivity (Wildman–Crippen MR) is 101 cm³/mol. The lowest BCUT2D eigenvalue weighted by Gasteiger charge is -2.06. The Morgan fingerprint density at radius 1 is 1.15 bits per heavy atom. The van der Waals surface area contributed by atoms with E-state index in [1.807, 2.05) is 36.4 Å². The third-order valence-electron chi connectivity index (χ3n) is 4.30. The molecule has 27 heavy (non-hydrogen) atoms. The van der Waals surface area contributed by atoms with Crippen LogP contribution in [0.2, 0.25) is 0 Å². The van der Waals surface area contributed by atoms with Crippen LogP contribution in [0.5, 0.6) is 0 Å². The molecule has 7 nitrogen and oxygen atoms in total. The highest BCUT2D eigenvalue weighted by molar-refractivity contribution is 7.15. The molecule has 0 saturated heterocycles. The molecule has 0 aliphatic heterocycles. The summed E-state index contributed by atoms with van der Waals surface area (Å²) in [5, 5.41) is 17.1. The maximum Gasteiger partial charge on any atom is 0.276 e. The quantitative estimate of drug-likeness (QED) is 0.565. The number of hydrogen-bond acceptors (Lipinski definition) is 6. The zero-order valence-corrected chi connectivity index (χ0v) is 15.0. The highest BCUT2D eigenvalue weighted by Gasteiger charge is 2.28. The van der Waals surface area contributed by atoms with Crippen LogP contribution < -0.4 is 5.32 Å². The van der Waals surface area contributed by atoms with E-state index in [1.165, 1.54) is 11.3 Å². The molecule has 1 aliphatic carbocycles. The Balaban J connectivity index is 1.50. The highest BCUT2D eigenvalue weighted by Crippen LogP contribution is 2.42. The second kappa shape index (κ2) is 6.48. The Morgan fingerprint density at radius 3 is 2.74 bits per heavy atom. The zero-order chi connectivity index (χ0) is 18.2. The molecule has 5 rings (SSSR count). The maximum atomic E-state index is 12.9. The molecular weight excluding hydrogens is 362 g/mol. The minimum absolute atomic E-state index is 0.289. The number of anilines is 1. The lowest BCUT2D eigenvalue weighted by molar-refractivity contribution is 0.101. The SMILES string of the molecule is O=C(Nc1nnc(C2CC2)s1)c1cc(-c2ccco2)nn1-c1ccccc1. The largest absolute Gasteiger partial charge is 0.463 e. The van der Waals surface area contributed by atoms with Crippen LogP contribution in [0.4, 0.5) is 5.13 Å². The van der Waals surface area contributed by atoms with Crippen molar-refractivity contribution in [1.29, 1.82) is 0 Å². The molecule has 4 aromatic rings. The van der Waals surface area contributed by atoms with Crippen molar-refractivity contribution in [2.45, 2.75) is 18.8 Å². The van der Waals surface area contributed by atoms with Gasteiger partial charge in [0.15, 0.2) is 5.76 Å². The van der Waals surface area contributed by atoms with E-state index in [0.29, 0.717) is 28.2 Å². The van der Waals surface area contributed by atoms with E-state index in [0.717, 1.165) is 23.5 Å². The lowest BCUT2D eigenvalue weighted by Crippen LogP contribution is -2.16. The van der Waals surface area contributed by atoms with Crippen LogP contribution in [0.25, 0.3) is 17.1 Å². The van der Waals surface area contributed by atoms with Crippen molar-refractivity contribution in [2.75, 3.05) is 5.32 Å². The normalized spacial score (nSPS) is 13.6. The fourth-order valence-electron chi connectivity index (χ4n) is 2.80. The fraction of sp³-hybridized carbons (Fsp3) is 0.158. The first-order valence-corrected chi connectivity index (χ1v) is 9.44. The predicted octanol–water partition coefficient (Wildman–Crippen LogP) is 4.11. The number of nitrogens with zero attached hydrogens (tertiary/aromatic N) is 4. The second-order valence-corrected chi connectivity index (χ2v) is 7.32. The molecule has 0 unspecified atom stereocenters. The Morgan fingerprint density at radius 2 is 2.00 bits per heavy atom. The van der Waals surface area contributed by atoms with Gasteiger partial charge in [0.2, 0.25) is 5.13 Å². The van der Waals surface area contributed by atoms with Crippen LogP contribution in [-0.4, -0.2) is 25.9 Å². The van der Waals surface area contributed by atoms with Crippen molar-refractivity contribution in [2.24, 2.45) is 0 Å². The summed E-state index contributed by atoms with van der Waals surface area (Å²) in [5.41, 5.74) is 1.78. The molecule has 3 aromatic heterocycles. The van der Waals surface area contributed by atoms with Gasteiger partial charge in [-0.25, -0.2) is 4.68 Å². The molecule has 0 spiro atoms. The van der Waals surface area contributed by atoms with E-state index in [-0.39, 0.29) is 5.91 Å². The second-order valence-electron chi connectivity index (χ2n) is 6.31. The number of nitrogens with one attached hydrogen (secondary N) is 1. The first-order valence-electron chi connectivity index (χ1n) is 8.62. The average Bonchev–Trinajstić information content (AvgIpc) is 3.11. The van der Waals surface area contributed by atoms with Crippen molar-refractivity contribution >= 4 is 22.4 Å². The Labute approximate surface area is 158 Å². The molecule has 3 heterocycles. The molecule has 0 atom stereocenters. The Bertz CT molecular complexity index is 1080. The molecule has 1 aromatic carbocycles. The molecular formula is C19H15N5O2S. The van der Waals surface area contributed by atoms with Crippen LogP contribution in [0.15, 0.2) is 59.2 Å². The number of hydrogen-bond donors (Lipinski definition) is 1. The molecule has 1 fully saturated rings. The molecule has 0 radical (unpaired) electrons. The van der Waals surface area contributed by atoms with Crippen molar-refractivity contribution in [3.05, 3.63) is 65.5 Å². The molecule has 1 saturated carbocycles. The summed E-state index contributed by atoms with van der Waals surface area (Å²) < 4.78 is 7.04. The minimum Gasteiger partial charge on any atom is -0.463 e. The summed E-state index contributed by atoms with van der Waals surface area (Å²) in [7, 11) is 0. The van der Waals surface area contributed by atoms with Crippen LogP contribution in [-0.2, 0) is 0 Å². The van der Waals surface area contributed by atoms with E-state index in [1.54, 1.807) is 23.1 Å². The van der Waals surface area contributed by atoms with E-state index >= 15 is 0 Å². The van der Waals surface area contributed by atoms with Crippen molar-refractivity contribution in [1.82, 2.24) is 20.0 Å². The summed E-state index contributed by atoms with van der Waals surface area (Å²) in [4.78, 5) is 12.9. The third-order valence-corrected chi connectivity index (χ3v) is 5.31.